The molecule has 1 N–H and O–H groups in total. The summed E-state index contributed by atoms with van der Waals surface area (Å²) in [4.78, 5) is 0. The van der Waals surface area contributed by atoms with E-state index in [0.29, 0.717) is 5.69 Å². The third-order valence-electron chi connectivity index (χ3n) is 2.02. The highest BCUT2D eigenvalue weighted by molar-refractivity contribution is 9.10. The topological polar surface area (TPSA) is 55.4 Å². The van der Waals surface area contributed by atoms with Crippen molar-refractivity contribution in [3.8, 4) is 0 Å². The largest absolute Gasteiger partial charge is 0.384 e. The number of sulfonamides is 1. The first-order valence-corrected chi connectivity index (χ1v) is 7.15. The van der Waals surface area contributed by atoms with Gasteiger partial charge in [-0.3, -0.25) is 4.72 Å². The van der Waals surface area contributed by atoms with Gasteiger partial charge in [-0.2, -0.15) is 0 Å². The monoisotopic (exact) mass is 307 g/mol. The summed E-state index contributed by atoms with van der Waals surface area (Å²) in [6.45, 7) is 2.03. The van der Waals surface area contributed by atoms with Crippen molar-refractivity contribution in [2.45, 2.75) is 6.92 Å². The Labute approximate surface area is 104 Å². The number of hydrogen-bond donors (Lipinski definition) is 1. The molecule has 90 valence electrons. The molecule has 0 amide bonds. The number of methoxy groups -OCH3 is 1. The van der Waals surface area contributed by atoms with Crippen molar-refractivity contribution in [2.75, 3.05) is 24.2 Å². The molecule has 0 spiro atoms. The Hall–Kier alpha value is -0.590. The summed E-state index contributed by atoms with van der Waals surface area (Å²) in [5.41, 5.74) is 1.47. The van der Waals surface area contributed by atoms with Crippen molar-refractivity contribution in [3.63, 3.8) is 0 Å². The molecule has 0 heterocycles. The molecule has 0 aliphatic heterocycles. The van der Waals surface area contributed by atoms with E-state index in [0.717, 1.165) is 10.0 Å². The van der Waals surface area contributed by atoms with Gasteiger partial charge in [-0.25, -0.2) is 8.42 Å². The fourth-order valence-electron chi connectivity index (χ4n) is 1.12. The average Bonchev–Trinajstić information content (AvgIpc) is 2.20. The summed E-state index contributed by atoms with van der Waals surface area (Å²) in [5.74, 6) is -0.0462. The van der Waals surface area contributed by atoms with E-state index < -0.39 is 10.0 Å². The van der Waals surface area contributed by atoms with Gasteiger partial charge < -0.3 is 4.74 Å². The minimum Gasteiger partial charge on any atom is -0.384 e. The predicted molar refractivity (Wildman–Crippen MR) is 68.2 cm³/mol. The second kappa shape index (κ2) is 5.65. The lowest BCUT2D eigenvalue weighted by Gasteiger charge is -2.10. The maximum absolute atomic E-state index is 11.6. The van der Waals surface area contributed by atoms with E-state index in [1.165, 1.54) is 7.11 Å². The highest BCUT2D eigenvalue weighted by atomic mass is 79.9. The standard InChI is InChI=1S/C10H14BrNO3S/c1-8-3-4-9(11)7-10(8)12-16(13,14)6-5-15-2/h3-4,7,12H,5-6H2,1-2H3. The summed E-state index contributed by atoms with van der Waals surface area (Å²) in [6.07, 6.45) is 0. The molecule has 0 fully saturated rings. The van der Waals surface area contributed by atoms with Crippen LogP contribution in [0.2, 0.25) is 0 Å². The van der Waals surface area contributed by atoms with E-state index in [9.17, 15) is 8.42 Å². The molecule has 0 saturated carbocycles. The fourth-order valence-corrected chi connectivity index (χ4v) is 2.52. The lowest BCUT2D eigenvalue weighted by atomic mass is 10.2. The van der Waals surface area contributed by atoms with Crippen LogP contribution >= 0.6 is 15.9 Å². The Morgan fingerprint density at radius 1 is 1.44 bits per heavy atom. The van der Waals surface area contributed by atoms with E-state index in [4.69, 9.17) is 4.74 Å². The zero-order valence-corrected chi connectivity index (χ0v) is 11.6. The third-order valence-corrected chi connectivity index (χ3v) is 3.75. The minimum atomic E-state index is -3.33. The molecular formula is C10H14BrNO3S. The molecule has 0 unspecified atom stereocenters. The first-order valence-electron chi connectivity index (χ1n) is 4.70. The van der Waals surface area contributed by atoms with Crippen molar-refractivity contribution in [1.29, 1.82) is 0 Å². The van der Waals surface area contributed by atoms with Gasteiger partial charge >= 0.3 is 0 Å². The van der Waals surface area contributed by atoms with E-state index >= 15 is 0 Å². The molecule has 0 saturated heterocycles. The molecule has 1 rings (SSSR count). The van der Waals surface area contributed by atoms with Crippen LogP contribution in [0.3, 0.4) is 0 Å². The first kappa shape index (κ1) is 13.5. The number of anilines is 1. The van der Waals surface area contributed by atoms with E-state index in [2.05, 4.69) is 20.7 Å². The van der Waals surface area contributed by atoms with Crippen molar-refractivity contribution in [2.24, 2.45) is 0 Å². The molecule has 0 aromatic heterocycles. The Kier molecular flexibility index (Phi) is 4.76. The Morgan fingerprint density at radius 2 is 2.12 bits per heavy atom. The molecule has 1 aromatic rings. The van der Waals surface area contributed by atoms with Gasteiger partial charge in [0.25, 0.3) is 0 Å². The van der Waals surface area contributed by atoms with Crippen LogP contribution in [0.25, 0.3) is 0 Å². The Bertz CT molecular complexity index is 459. The fraction of sp³-hybridized carbons (Fsp3) is 0.400. The highest BCUT2D eigenvalue weighted by Crippen LogP contribution is 2.21. The minimum absolute atomic E-state index is 0.0462. The molecule has 0 aliphatic rings. The second-order valence-corrected chi connectivity index (χ2v) is 6.13. The molecule has 0 aliphatic carbocycles. The summed E-state index contributed by atoms with van der Waals surface area (Å²) in [7, 11) is -1.86. The zero-order valence-electron chi connectivity index (χ0n) is 9.16. The first-order chi connectivity index (χ1) is 7.44. The maximum atomic E-state index is 11.6. The van der Waals surface area contributed by atoms with Crippen LogP contribution in [0, 0.1) is 6.92 Å². The predicted octanol–water partition coefficient (Wildman–Crippen LogP) is 2.15. The molecule has 4 nitrogen and oxygen atoms in total. The van der Waals surface area contributed by atoms with Crippen molar-refractivity contribution in [3.05, 3.63) is 28.2 Å². The van der Waals surface area contributed by atoms with Crippen LogP contribution in [-0.4, -0.2) is 27.9 Å². The van der Waals surface area contributed by atoms with Gasteiger partial charge in [0.1, 0.15) is 0 Å². The molecule has 6 heteroatoms. The zero-order chi connectivity index (χ0) is 12.2. The van der Waals surface area contributed by atoms with Crippen molar-refractivity contribution in [1.82, 2.24) is 0 Å². The van der Waals surface area contributed by atoms with Gasteiger partial charge in [0.2, 0.25) is 10.0 Å². The highest BCUT2D eigenvalue weighted by Gasteiger charge is 2.11. The van der Waals surface area contributed by atoms with Gasteiger partial charge in [-0.1, -0.05) is 22.0 Å². The maximum Gasteiger partial charge on any atom is 0.235 e. The number of nitrogens with one attached hydrogen (secondary N) is 1. The molecule has 16 heavy (non-hydrogen) atoms. The summed E-state index contributed by atoms with van der Waals surface area (Å²) < 4.78 is 31.3. The molecule has 1 aromatic carbocycles. The normalized spacial score (nSPS) is 11.4. The SMILES string of the molecule is COCCS(=O)(=O)Nc1cc(Br)ccc1C. The number of hydrogen-bond acceptors (Lipinski definition) is 3. The number of aryl methyl sites for hydroxylation is 1. The summed E-state index contributed by atoms with van der Waals surface area (Å²) in [6, 6.07) is 5.44. The van der Waals surface area contributed by atoms with Gasteiger partial charge in [0, 0.05) is 11.6 Å². The molecule has 0 atom stereocenters. The van der Waals surface area contributed by atoms with Crippen LogP contribution in [0.15, 0.2) is 22.7 Å². The van der Waals surface area contributed by atoms with Gasteiger partial charge in [0.05, 0.1) is 18.0 Å². The number of halogens is 1. The number of benzene rings is 1. The van der Waals surface area contributed by atoms with Crippen LogP contribution < -0.4 is 4.72 Å². The van der Waals surface area contributed by atoms with Crippen LogP contribution in [0.1, 0.15) is 5.56 Å². The quantitative estimate of drug-likeness (QED) is 0.907. The molecule has 0 bridgehead atoms. The van der Waals surface area contributed by atoms with Crippen LogP contribution in [-0.2, 0) is 14.8 Å². The summed E-state index contributed by atoms with van der Waals surface area (Å²) >= 11 is 3.30. The van der Waals surface area contributed by atoms with Gasteiger partial charge in [-0.15, -0.1) is 0 Å². The van der Waals surface area contributed by atoms with E-state index in [1.54, 1.807) is 6.07 Å². The van der Waals surface area contributed by atoms with Crippen LogP contribution in [0.4, 0.5) is 5.69 Å². The smallest absolute Gasteiger partial charge is 0.235 e. The molecular weight excluding hydrogens is 294 g/mol. The van der Waals surface area contributed by atoms with E-state index in [1.807, 2.05) is 19.1 Å². The molecule has 0 radical (unpaired) electrons. The lowest BCUT2D eigenvalue weighted by molar-refractivity contribution is 0.217. The average molecular weight is 308 g/mol. The summed E-state index contributed by atoms with van der Waals surface area (Å²) in [5, 5.41) is 0. The van der Waals surface area contributed by atoms with Gasteiger partial charge in [0.15, 0.2) is 0 Å². The Morgan fingerprint density at radius 3 is 2.75 bits per heavy atom. The van der Waals surface area contributed by atoms with E-state index in [-0.39, 0.29) is 12.4 Å². The van der Waals surface area contributed by atoms with Crippen molar-refractivity contribution >= 4 is 31.6 Å². The Balaban J connectivity index is 2.83. The number of rotatable bonds is 5. The lowest BCUT2D eigenvalue weighted by Crippen LogP contribution is -2.20. The number of ether oxygens (including phenoxy) is 1. The van der Waals surface area contributed by atoms with Gasteiger partial charge in [-0.05, 0) is 24.6 Å². The third kappa shape index (κ3) is 4.11. The van der Waals surface area contributed by atoms with Crippen molar-refractivity contribution < 1.29 is 13.2 Å². The second-order valence-electron chi connectivity index (χ2n) is 3.37. The van der Waals surface area contributed by atoms with Crippen LogP contribution in [0.5, 0.6) is 0 Å².